The molecule has 1 heterocycles. The van der Waals surface area contributed by atoms with Crippen molar-refractivity contribution in [3.8, 4) is 6.07 Å². The minimum Gasteiger partial charge on any atom is -0.362 e. The lowest BCUT2D eigenvalue weighted by Gasteiger charge is -2.43. The molecule has 0 radical (unpaired) electrons. The highest BCUT2D eigenvalue weighted by Gasteiger charge is 2.28. The SMILES string of the molecule is CCc1ccccc1N1C(C)CNCC1CC#N. The van der Waals surface area contributed by atoms with E-state index in [1.165, 1.54) is 11.3 Å². The van der Waals surface area contributed by atoms with Crippen molar-refractivity contribution in [1.82, 2.24) is 5.32 Å². The van der Waals surface area contributed by atoms with Gasteiger partial charge in [0.05, 0.1) is 18.5 Å². The van der Waals surface area contributed by atoms with Crippen LogP contribution < -0.4 is 10.2 Å². The summed E-state index contributed by atoms with van der Waals surface area (Å²) in [5, 5.41) is 12.4. The fraction of sp³-hybridized carbons (Fsp3) is 0.533. The van der Waals surface area contributed by atoms with Gasteiger partial charge in [0.1, 0.15) is 0 Å². The van der Waals surface area contributed by atoms with Crippen LogP contribution in [-0.2, 0) is 6.42 Å². The first-order chi connectivity index (χ1) is 8.77. The number of hydrogen-bond acceptors (Lipinski definition) is 3. The van der Waals surface area contributed by atoms with Gasteiger partial charge in [-0.1, -0.05) is 25.1 Å². The number of nitrogens with one attached hydrogen (secondary N) is 1. The lowest BCUT2D eigenvalue weighted by molar-refractivity contribution is 0.416. The zero-order chi connectivity index (χ0) is 13.0. The van der Waals surface area contributed by atoms with Gasteiger partial charge in [0.2, 0.25) is 0 Å². The van der Waals surface area contributed by atoms with Crippen molar-refractivity contribution in [3.63, 3.8) is 0 Å². The third-order valence-corrected chi connectivity index (χ3v) is 3.67. The molecule has 3 heteroatoms. The Morgan fingerprint density at radius 3 is 2.89 bits per heavy atom. The second-order valence-electron chi connectivity index (χ2n) is 4.91. The van der Waals surface area contributed by atoms with Crippen LogP contribution in [0.15, 0.2) is 24.3 Å². The molecule has 2 atom stereocenters. The highest BCUT2D eigenvalue weighted by Crippen LogP contribution is 2.27. The van der Waals surface area contributed by atoms with Crippen LogP contribution in [-0.4, -0.2) is 25.2 Å². The average molecular weight is 243 g/mol. The molecule has 0 saturated carbocycles. The molecule has 1 aliphatic rings. The fourth-order valence-corrected chi connectivity index (χ4v) is 2.79. The summed E-state index contributed by atoms with van der Waals surface area (Å²) in [6, 6.07) is 11.6. The van der Waals surface area contributed by atoms with E-state index in [2.05, 4.69) is 54.4 Å². The summed E-state index contributed by atoms with van der Waals surface area (Å²) < 4.78 is 0. The molecule has 0 aromatic heterocycles. The number of nitriles is 1. The van der Waals surface area contributed by atoms with Crippen molar-refractivity contribution in [3.05, 3.63) is 29.8 Å². The molecule has 2 rings (SSSR count). The molecule has 0 amide bonds. The van der Waals surface area contributed by atoms with Crippen LogP contribution in [0.1, 0.15) is 25.8 Å². The van der Waals surface area contributed by atoms with Crippen LogP contribution in [0.4, 0.5) is 5.69 Å². The van der Waals surface area contributed by atoms with E-state index in [-0.39, 0.29) is 6.04 Å². The number of para-hydroxylation sites is 1. The Labute approximate surface area is 109 Å². The zero-order valence-corrected chi connectivity index (χ0v) is 11.2. The third kappa shape index (κ3) is 2.49. The smallest absolute Gasteiger partial charge is 0.0643 e. The predicted octanol–water partition coefficient (Wildman–Crippen LogP) is 2.33. The molecule has 3 nitrogen and oxygen atoms in total. The zero-order valence-electron chi connectivity index (χ0n) is 11.2. The molecule has 2 unspecified atom stereocenters. The Hall–Kier alpha value is -1.53. The van der Waals surface area contributed by atoms with Gasteiger partial charge in [-0.05, 0) is 25.0 Å². The Bertz CT molecular complexity index is 436. The van der Waals surface area contributed by atoms with Gasteiger partial charge in [0.15, 0.2) is 0 Å². The third-order valence-electron chi connectivity index (χ3n) is 3.67. The minimum absolute atomic E-state index is 0.284. The van der Waals surface area contributed by atoms with Crippen LogP contribution in [0.25, 0.3) is 0 Å². The number of piperazine rings is 1. The van der Waals surface area contributed by atoms with E-state index in [1.807, 2.05) is 0 Å². The van der Waals surface area contributed by atoms with E-state index >= 15 is 0 Å². The lowest BCUT2D eigenvalue weighted by Crippen LogP contribution is -2.56. The molecular formula is C15H21N3. The second kappa shape index (κ2) is 5.88. The van der Waals surface area contributed by atoms with Crippen molar-refractivity contribution in [2.45, 2.75) is 38.8 Å². The molecule has 18 heavy (non-hydrogen) atoms. The van der Waals surface area contributed by atoms with Crippen molar-refractivity contribution in [2.75, 3.05) is 18.0 Å². The van der Waals surface area contributed by atoms with Crippen molar-refractivity contribution >= 4 is 5.69 Å². The van der Waals surface area contributed by atoms with Crippen LogP contribution in [0.3, 0.4) is 0 Å². The van der Waals surface area contributed by atoms with Crippen LogP contribution >= 0.6 is 0 Å². The summed E-state index contributed by atoms with van der Waals surface area (Å²) in [7, 11) is 0. The topological polar surface area (TPSA) is 39.1 Å². The molecule has 1 N–H and O–H groups in total. The number of anilines is 1. The molecule has 1 aromatic carbocycles. The van der Waals surface area contributed by atoms with Crippen LogP contribution in [0.5, 0.6) is 0 Å². The average Bonchev–Trinajstić information content (AvgIpc) is 2.39. The molecule has 1 saturated heterocycles. The van der Waals surface area contributed by atoms with Crippen LogP contribution in [0, 0.1) is 11.3 Å². The molecule has 0 spiro atoms. The van der Waals surface area contributed by atoms with Gasteiger partial charge in [0, 0.05) is 24.8 Å². The highest BCUT2D eigenvalue weighted by molar-refractivity contribution is 5.56. The minimum atomic E-state index is 0.284. The van der Waals surface area contributed by atoms with E-state index in [9.17, 15) is 0 Å². The van der Waals surface area contributed by atoms with E-state index < -0.39 is 0 Å². The monoisotopic (exact) mass is 243 g/mol. The van der Waals surface area contributed by atoms with Crippen molar-refractivity contribution in [1.29, 1.82) is 5.26 Å². The van der Waals surface area contributed by atoms with E-state index in [0.29, 0.717) is 12.5 Å². The summed E-state index contributed by atoms with van der Waals surface area (Å²) in [5.41, 5.74) is 2.67. The first-order valence-corrected chi connectivity index (χ1v) is 6.71. The van der Waals surface area contributed by atoms with Gasteiger partial charge >= 0.3 is 0 Å². The molecule has 0 bridgehead atoms. The summed E-state index contributed by atoms with van der Waals surface area (Å²) in [5.74, 6) is 0. The lowest BCUT2D eigenvalue weighted by atomic mass is 10.0. The van der Waals surface area contributed by atoms with Gasteiger partial charge in [-0.3, -0.25) is 0 Å². The molecule has 0 aliphatic carbocycles. The summed E-state index contributed by atoms with van der Waals surface area (Å²) >= 11 is 0. The Morgan fingerprint density at radius 1 is 1.39 bits per heavy atom. The summed E-state index contributed by atoms with van der Waals surface area (Å²) in [4.78, 5) is 2.43. The van der Waals surface area contributed by atoms with Gasteiger partial charge in [-0.2, -0.15) is 5.26 Å². The van der Waals surface area contributed by atoms with Crippen molar-refractivity contribution in [2.24, 2.45) is 0 Å². The van der Waals surface area contributed by atoms with Crippen LogP contribution in [0.2, 0.25) is 0 Å². The largest absolute Gasteiger partial charge is 0.362 e. The van der Waals surface area contributed by atoms with E-state index in [1.54, 1.807) is 0 Å². The Morgan fingerprint density at radius 2 is 2.17 bits per heavy atom. The standard InChI is InChI=1S/C15H21N3/c1-3-13-6-4-5-7-15(13)18-12(2)10-17-11-14(18)8-9-16/h4-7,12,14,17H,3,8,10-11H2,1-2H3. The first kappa shape index (κ1) is 12.9. The number of hydrogen-bond donors (Lipinski definition) is 1. The quantitative estimate of drug-likeness (QED) is 0.885. The van der Waals surface area contributed by atoms with Crippen molar-refractivity contribution < 1.29 is 0 Å². The summed E-state index contributed by atoms with van der Waals surface area (Å²) in [6.45, 7) is 6.30. The number of nitrogens with zero attached hydrogens (tertiary/aromatic N) is 2. The van der Waals surface area contributed by atoms with E-state index in [4.69, 9.17) is 5.26 Å². The molecule has 1 fully saturated rings. The number of rotatable bonds is 3. The van der Waals surface area contributed by atoms with Gasteiger partial charge in [-0.25, -0.2) is 0 Å². The van der Waals surface area contributed by atoms with Gasteiger partial charge in [0.25, 0.3) is 0 Å². The first-order valence-electron chi connectivity index (χ1n) is 6.71. The maximum atomic E-state index is 8.99. The predicted molar refractivity (Wildman–Crippen MR) is 74.6 cm³/mol. The Kier molecular flexibility index (Phi) is 4.22. The molecule has 1 aliphatic heterocycles. The maximum absolute atomic E-state index is 8.99. The second-order valence-corrected chi connectivity index (χ2v) is 4.91. The maximum Gasteiger partial charge on any atom is 0.0643 e. The summed E-state index contributed by atoms with van der Waals surface area (Å²) in [6.07, 6.45) is 1.61. The highest BCUT2D eigenvalue weighted by atomic mass is 15.2. The number of aryl methyl sites for hydroxylation is 1. The number of benzene rings is 1. The normalized spacial score (nSPS) is 23.7. The molecule has 1 aromatic rings. The molecular weight excluding hydrogens is 222 g/mol. The molecule has 96 valence electrons. The fourth-order valence-electron chi connectivity index (χ4n) is 2.79. The van der Waals surface area contributed by atoms with Gasteiger partial charge < -0.3 is 10.2 Å². The van der Waals surface area contributed by atoms with E-state index in [0.717, 1.165) is 19.5 Å². The Balaban J connectivity index is 2.34. The van der Waals surface area contributed by atoms with Gasteiger partial charge in [-0.15, -0.1) is 0 Å².